The molecule has 180 valence electrons. The van der Waals surface area contributed by atoms with Crippen LogP contribution in [0.1, 0.15) is 23.2 Å². The molecule has 0 spiro atoms. The largest absolute Gasteiger partial charge is 0.573 e. The molecule has 1 atom stereocenters. The monoisotopic (exact) mass is 510 g/mol. The zero-order valence-corrected chi connectivity index (χ0v) is 18.7. The van der Waals surface area contributed by atoms with Crippen molar-refractivity contribution in [2.75, 3.05) is 24.3 Å². The summed E-state index contributed by atoms with van der Waals surface area (Å²) in [5.74, 6) is -2.55. The summed E-state index contributed by atoms with van der Waals surface area (Å²) in [5.41, 5.74) is 0.113. The first kappa shape index (κ1) is 24.9. The van der Waals surface area contributed by atoms with Crippen molar-refractivity contribution < 1.29 is 40.2 Å². The van der Waals surface area contributed by atoms with Gasteiger partial charge >= 0.3 is 6.36 Å². The number of sulfonamides is 1. The van der Waals surface area contributed by atoms with Crippen LogP contribution in [0.3, 0.4) is 0 Å². The Bertz CT molecular complexity index is 1130. The summed E-state index contributed by atoms with van der Waals surface area (Å²) >= 11 is 6.09. The molecule has 0 radical (unpaired) electrons. The number of carbonyl (C=O) groups is 1. The second-order valence-electron chi connectivity index (χ2n) is 7.31. The molecule has 1 saturated heterocycles. The van der Waals surface area contributed by atoms with E-state index in [1.807, 2.05) is 4.90 Å². The number of halogens is 5. The Kier molecular flexibility index (Phi) is 7.27. The van der Waals surface area contributed by atoms with E-state index in [2.05, 4.69) is 4.74 Å². The number of carbonyl (C=O) groups excluding carboxylic acids is 1. The van der Waals surface area contributed by atoms with Crippen LogP contribution in [-0.4, -0.2) is 46.1 Å². The molecule has 1 heterocycles. The average molecular weight is 511 g/mol. The second-order valence-corrected chi connectivity index (χ2v) is 9.46. The molecule has 0 aromatic heterocycles. The van der Waals surface area contributed by atoms with Gasteiger partial charge in [0.25, 0.3) is 5.91 Å². The number of hydrogen-bond acceptors (Lipinski definition) is 6. The van der Waals surface area contributed by atoms with E-state index < -0.39 is 33.7 Å². The van der Waals surface area contributed by atoms with E-state index in [9.17, 15) is 30.8 Å². The Morgan fingerprint density at radius 2 is 1.91 bits per heavy atom. The normalized spacial score (nSPS) is 16.5. The van der Waals surface area contributed by atoms with Crippen LogP contribution >= 0.6 is 11.6 Å². The first-order valence-electron chi connectivity index (χ1n) is 9.59. The molecule has 0 aliphatic carbocycles. The van der Waals surface area contributed by atoms with Crippen LogP contribution in [0.4, 0.5) is 23.2 Å². The SMILES string of the molecule is CS(=O)(=O)NC(=O)c1cc(Cl)c(OC[C@H]2CCCN2c2ccc(OC(F)(F)F)cc2)cc1F. The van der Waals surface area contributed by atoms with Gasteiger partial charge in [-0.25, -0.2) is 17.5 Å². The molecule has 3 rings (SSSR count). The zero-order valence-electron chi connectivity index (χ0n) is 17.2. The van der Waals surface area contributed by atoms with E-state index in [1.54, 1.807) is 4.72 Å². The standard InChI is InChI=1S/C20H19ClF4N2O5S/c1-33(29,30)26-19(28)15-9-16(21)18(10-17(15)22)31-11-13-3-2-8-27(13)12-4-6-14(7-5-12)32-20(23,24)25/h4-7,9-10,13H,2-3,8,11H2,1H3,(H,26,28)/t13-/m1/s1. The molecule has 0 saturated carbocycles. The van der Waals surface area contributed by atoms with Gasteiger partial charge in [-0.3, -0.25) is 4.79 Å². The highest BCUT2D eigenvalue weighted by atomic mass is 35.5. The fraction of sp³-hybridized carbons (Fsp3) is 0.350. The van der Waals surface area contributed by atoms with E-state index in [0.29, 0.717) is 12.2 Å². The summed E-state index contributed by atoms with van der Waals surface area (Å²) in [7, 11) is -3.89. The minimum Gasteiger partial charge on any atom is -0.490 e. The number of hydrogen-bond donors (Lipinski definition) is 1. The van der Waals surface area contributed by atoms with Crippen molar-refractivity contribution in [1.82, 2.24) is 4.72 Å². The van der Waals surface area contributed by atoms with Crippen molar-refractivity contribution in [3.05, 3.63) is 52.8 Å². The van der Waals surface area contributed by atoms with Gasteiger partial charge in [-0.1, -0.05) is 11.6 Å². The molecule has 13 heteroatoms. The Labute approximate surface area is 192 Å². The van der Waals surface area contributed by atoms with Crippen LogP contribution in [0.5, 0.6) is 11.5 Å². The maximum Gasteiger partial charge on any atom is 0.573 e. The lowest BCUT2D eigenvalue weighted by atomic mass is 10.2. The highest BCUT2D eigenvalue weighted by Crippen LogP contribution is 2.32. The predicted molar refractivity (Wildman–Crippen MR) is 113 cm³/mol. The van der Waals surface area contributed by atoms with Gasteiger partial charge in [-0.05, 0) is 43.2 Å². The number of ether oxygens (including phenoxy) is 2. The molecular formula is C20H19ClF4N2O5S. The van der Waals surface area contributed by atoms with Crippen LogP contribution in [-0.2, 0) is 10.0 Å². The van der Waals surface area contributed by atoms with Gasteiger partial charge in [0.15, 0.2) is 0 Å². The van der Waals surface area contributed by atoms with E-state index in [1.165, 1.54) is 24.3 Å². The molecule has 1 fully saturated rings. The molecule has 1 aliphatic heterocycles. The van der Waals surface area contributed by atoms with Gasteiger partial charge in [-0.2, -0.15) is 0 Å². The highest BCUT2D eigenvalue weighted by Gasteiger charge is 2.31. The van der Waals surface area contributed by atoms with Gasteiger partial charge < -0.3 is 14.4 Å². The van der Waals surface area contributed by atoms with E-state index in [-0.39, 0.29) is 29.2 Å². The summed E-state index contributed by atoms with van der Waals surface area (Å²) in [6.45, 7) is 0.731. The molecule has 33 heavy (non-hydrogen) atoms. The minimum absolute atomic E-state index is 0.0363. The molecular weight excluding hydrogens is 492 g/mol. The summed E-state index contributed by atoms with van der Waals surface area (Å²) in [5, 5.41) is -0.0896. The third kappa shape index (κ3) is 6.87. The van der Waals surface area contributed by atoms with Crippen LogP contribution < -0.4 is 19.1 Å². The first-order valence-corrected chi connectivity index (χ1v) is 11.9. The maximum atomic E-state index is 14.4. The topological polar surface area (TPSA) is 84.9 Å². The molecule has 2 aromatic rings. The Morgan fingerprint density at radius 3 is 2.52 bits per heavy atom. The van der Waals surface area contributed by atoms with E-state index in [4.69, 9.17) is 16.3 Å². The molecule has 0 bridgehead atoms. The van der Waals surface area contributed by atoms with Crippen molar-refractivity contribution in [3.8, 4) is 11.5 Å². The van der Waals surface area contributed by atoms with Crippen molar-refractivity contribution in [1.29, 1.82) is 0 Å². The molecule has 0 unspecified atom stereocenters. The van der Waals surface area contributed by atoms with Crippen LogP contribution in [0, 0.1) is 5.82 Å². The summed E-state index contributed by atoms with van der Waals surface area (Å²) in [6.07, 6.45) is -2.50. The zero-order chi connectivity index (χ0) is 24.4. The van der Waals surface area contributed by atoms with Gasteiger partial charge in [0.2, 0.25) is 10.0 Å². The Hall–Kier alpha value is -2.73. The number of rotatable bonds is 7. The fourth-order valence-electron chi connectivity index (χ4n) is 3.41. The van der Waals surface area contributed by atoms with Crippen molar-refractivity contribution in [3.63, 3.8) is 0 Å². The molecule has 1 amide bonds. The number of benzene rings is 2. The lowest BCUT2D eigenvalue weighted by Crippen LogP contribution is -2.34. The van der Waals surface area contributed by atoms with Crippen molar-refractivity contribution in [2.45, 2.75) is 25.2 Å². The number of alkyl halides is 3. The highest BCUT2D eigenvalue weighted by molar-refractivity contribution is 7.89. The van der Waals surface area contributed by atoms with E-state index >= 15 is 0 Å². The van der Waals surface area contributed by atoms with Gasteiger partial charge in [0, 0.05) is 18.3 Å². The lowest BCUT2D eigenvalue weighted by molar-refractivity contribution is -0.274. The van der Waals surface area contributed by atoms with Gasteiger partial charge in [0.1, 0.15) is 23.9 Å². The second kappa shape index (κ2) is 9.64. The first-order chi connectivity index (χ1) is 15.3. The summed E-state index contributed by atoms with van der Waals surface area (Å²) in [6, 6.07) is 7.13. The fourth-order valence-corrected chi connectivity index (χ4v) is 4.08. The quantitative estimate of drug-likeness (QED) is 0.564. The van der Waals surface area contributed by atoms with Crippen LogP contribution in [0.15, 0.2) is 36.4 Å². The average Bonchev–Trinajstić information content (AvgIpc) is 3.15. The van der Waals surface area contributed by atoms with E-state index in [0.717, 1.165) is 31.2 Å². The summed E-state index contributed by atoms with van der Waals surface area (Å²) < 4.78 is 84.9. The molecule has 7 nitrogen and oxygen atoms in total. The van der Waals surface area contributed by atoms with Gasteiger partial charge in [0.05, 0.1) is 22.9 Å². The number of anilines is 1. The van der Waals surface area contributed by atoms with Crippen LogP contribution in [0.25, 0.3) is 0 Å². The smallest absolute Gasteiger partial charge is 0.490 e. The van der Waals surface area contributed by atoms with Crippen molar-refractivity contribution in [2.24, 2.45) is 0 Å². The third-order valence-electron chi connectivity index (χ3n) is 4.75. The summed E-state index contributed by atoms with van der Waals surface area (Å²) in [4.78, 5) is 13.8. The van der Waals surface area contributed by atoms with Crippen molar-refractivity contribution >= 4 is 33.2 Å². The van der Waals surface area contributed by atoms with Crippen LogP contribution in [0.2, 0.25) is 5.02 Å². The van der Waals surface area contributed by atoms with Gasteiger partial charge in [-0.15, -0.1) is 13.2 Å². The number of amides is 1. The Balaban J connectivity index is 1.68. The molecule has 1 N–H and O–H groups in total. The molecule has 1 aliphatic rings. The lowest BCUT2D eigenvalue weighted by Gasteiger charge is -2.27. The third-order valence-corrected chi connectivity index (χ3v) is 5.61. The number of nitrogens with zero attached hydrogens (tertiary/aromatic N) is 1. The Morgan fingerprint density at radius 1 is 1.24 bits per heavy atom. The number of nitrogens with one attached hydrogen (secondary N) is 1. The molecule has 2 aromatic carbocycles. The minimum atomic E-state index is -4.78. The maximum absolute atomic E-state index is 14.4. The predicted octanol–water partition coefficient (Wildman–Crippen LogP) is 4.11.